The molecule has 0 N–H and O–H groups in total. The number of halogens is 1. The first-order chi connectivity index (χ1) is 7.98. The van der Waals surface area contributed by atoms with E-state index in [4.69, 9.17) is 11.6 Å². The van der Waals surface area contributed by atoms with Crippen LogP contribution < -0.4 is 0 Å². The summed E-state index contributed by atoms with van der Waals surface area (Å²) in [4.78, 5) is 18.0. The first-order valence-corrected chi connectivity index (χ1v) is 6.27. The highest BCUT2D eigenvalue weighted by Crippen LogP contribution is 2.30. The molecule has 1 aromatic heterocycles. The van der Waals surface area contributed by atoms with E-state index in [1.165, 1.54) is 0 Å². The fourth-order valence-electron chi connectivity index (χ4n) is 2.00. The van der Waals surface area contributed by atoms with Gasteiger partial charge in [0.25, 0.3) is 5.91 Å². The molecule has 1 aliphatic heterocycles. The van der Waals surface area contributed by atoms with Gasteiger partial charge in [0, 0.05) is 19.3 Å². The minimum absolute atomic E-state index is 0.0599. The topological polar surface area (TPSA) is 33.2 Å². The van der Waals surface area contributed by atoms with Crippen molar-refractivity contribution in [2.24, 2.45) is 5.41 Å². The number of hydrogen-bond acceptors (Lipinski definition) is 2. The molecule has 1 fully saturated rings. The zero-order valence-electron chi connectivity index (χ0n) is 10.2. The minimum Gasteiger partial charge on any atom is -0.339 e. The van der Waals surface area contributed by atoms with Crippen LogP contribution in [0.4, 0.5) is 0 Å². The number of pyridine rings is 1. The van der Waals surface area contributed by atoms with Gasteiger partial charge in [-0.3, -0.25) is 4.79 Å². The lowest BCUT2D eigenvalue weighted by Gasteiger charge is -2.36. The summed E-state index contributed by atoms with van der Waals surface area (Å²) in [5, 5.41) is 0.418. The summed E-state index contributed by atoms with van der Waals surface area (Å²) in [6.45, 7) is 6.15. The van der Waals surface area contributed by atoms with Crippen molar-refractivity contribution in [3.8, 4) is 0 Å². The number of hydrogen-bond donors (Lipinski definition) is 0. The summed E-state index contributed by atoms with van der Waals surface area (Å²) in [6, 6.07) is 3.39. The molecule has 1 aliphatic rings. The third-order valence-electron chi connectivity index (χ3n) is 3.38. The number of aromatic nitrogens is 1. The third kappa shape index (κ3) is 2.97. The third-order valence-corrected chi connectivity index (χ3v) is 3.60. The van der Waals surface area contributed by atoms with E-state index < -0.39 is 0 Å². The number of likely N-dealkylation sites (tertiary alicyclic amines) is 1. The van der Waals surface area contributed by atoms with Crippen LogP contribution in [0.3, 0.4) is 0 Å². The van der Waals surface area contributed by atoms with Crippen molar-refractivity contribution in [1.82, 2.24) is 9.88 Å². The molecule has 0 atom stereocenters. The van der Waals surface area contributed by atoms with Crippen molar-refractivity contribution in [2.45, 2.75) is 26.7 Å². The molecule has 92 valence electrons. The Kier molecular flexibility index (Phi) is 3.38. The molecule has 0 spiro atoms. The van der Waals surface area contributed by atoms with Crippen molar-refractivity contribution in [3.63, 3.8) is 0 Å². The number of rotatable bonds is 1. The fourth-order valence-corrected chi connectivity index (χ4v) is 2.11. The van der Waals surface area contributed by atoms with Crippen LogP contribution in [0.5, 0.6) is 0 Å². The predicted octanol–water partition coefficient (Wildman–Crippen LogP) is 3.00. The van der Waals surface area contributed by atoms with E-state index in [-0.39, 0.29) is 5.91 Å². The van der Waals surface area contributed by atoms with E-state index in [2.05, 4.69) is 18.8 Å². The van der Waals surface area contributed by atoms with Gasteiger partial charge in [-0.05, 0) is 30.4 Å². The lowest BCUT2D eigenvalue weighted by molar-refractivity contribution is 0.0630. The van der Waals surface area contributed by atoms with E-state index >= 15 is 0 Å². The summed E-state index contributed by atoms with van der Waals surface area (Å²) in [6.07, 6.45) is 3.66. The Bertz CT molecular complexity index is 404. The molecule has 0 aliphatic carbocycles. The number of piperidine rings is 1. The molecule has 0 unspecified atom stereocenters. The molecule has 0 aromatic carbocycles. The smallest absolute Gasteiger partial charge is 0.255 e. The van der Waals surface area contributed by atoms with Crippen LogP contribution in [0.2, 0.25) is 5.15 Å². The summed E-state index contributed by atoms with van der Waals surface area (Å²) < 4.78 is 0. The quantitative estimate of drug-likeness (QED) is 0.720. The molecule has 3 nitrogen and oxygen atoms in total. The lowest BCUT2D eigenvalue weighted by atomic mass is 9.82. The van der Waals surface area contributed by atoms with Gasteiger partial charge in [-0.25, -0.2) is 4.98 Å². The Morgan fingerprint density at radius 1 is 1.35 bits per heavy atom. The number of amides is 1. The molecule has 1 amide bonds. The zero-order chi connectivity index (χ0) is 12.5. The molecule has 17 heavy (non-hydrogen) atoms. The highest BCUT2D eigenvalue weighted by atomic mass is 35.5. The van der Waals surface area contributed by atoms with Crippen LogP contribution in [-0.4, -0.2) is 28.9 Å². The second kappa shape index (κ2) is 4.65. The van der Waals surface area contributed by atoms with Gasteiger partial charge in [-0.15, -0.1) is 0 Å². The van der Waals surface area contributed by atoms with Crippen LogP contribution in [-0.2, 0) is 0 Å². The second-order valence-corrected chi connectivity index (χ2v) is 5.71. The van der Waals surface area contributed by atoms with Gasteiger partial charge in [-0.1, -0.05) is 25.4 Å². The fraction of sp³-hybridized carbons (Fsp3) is 0.538. The SMILES string of the molecule is CC1(C)CCN(C(=O)c2ccc(Cl)nc2)CC1. The Labute approximate surface area is 107 Å². The molecule has 4 heteroatoms. The maximum absolute atomic E-state index is 12.2. The molecular formula is C13H17ClN2O. The van der Waals surface area contributed by atoms with Gasteiger partial charge in [0.05, 0.1) is 5.56 Å². The van der Waals surface area contributed by atoms with E-state index in [0.29, 0.717) is 16.1 Å². The molecule has 2 rings (SSSR count). The van der Waals surface area contributed by atoms with Crippen LogP contribution in [0.1, 0.15) is 37.0 Å². The van der Waals surface area contributed by atoms with Crippen molar-refractivity contribution in [2.75, 3.05) is 13.1 Å². The summed E-state index contributed by atoms with van der Waals surface area (Å²) in [7, 11) is 0. The standard InChI is InChI=1S/C13H17ClN2O/c1-13(2)5-7-16(8-6-13)12(17)10-3-4-11(14)15-9-10/h3-4,9H,5-8H2,1-2H3. The average Bonchev–Trinajstić information content (AvgIpc) is 2.29. The summed E-state index contributed by atoms with van der Waals surface area (Å²) in [5.41, 5.74) is 0.976. The largest absolute Gasteiger partial charge is 0.339 e. The van der Waals surface area contributed by atoms with Gasteiger partial charge in [0.1, 0.15) is 5.15 Å². The van der Waals surface area contributed by atoms with E-state index in [1.807, 2.05) is 4.90 Å². The maximum Gasteiger partial charge on any atom is 0.255 e. The lowest BCUT2D eigenvalue weighted by Crippen LogP contribution is -2.41. The Morgan fingerprint density at radius 2 is 2.00 bits per heavy atom. The summed E-state index contributed by atoms with van der Waals surface area (Å²) >= 11 is 5.70. The molecular weight excluding hydrogens is 236 g/mol. The number of carbonyl (C=O) groups is 1. The van der Waals surface area contributed by atoms with Crippen LogP contribution in [0.15, 0.2) is 18.3 Å². The molecule has 1 saturated heterocycles. The Balaban J connectivity index is 2.04. The highest BCUT2D eigenvalue weighted by Gasteiger charge is 2.28. The predicted molar refractivity (Wildman–Crippen MR) is 68.2 cm³/mol. The van der Waals surface area contributed by atoms with E-state index in [0.717, 1.165) is 25.9 Å². The van der Waals surface area contributed by atoms with E-state index in [1.54, 1.807) is 18.3 Å². The van der Waals surface area contributed by atoms with Crippen molar-refractivity contribution in [3.05, 3.63) is 29.0 Å². The zero-order valence-corrected chi connectivity index (χ0v) is 11.0. The van der Waals surface area contributed by atoms with Crippen LogP contribution in [0, 0.1) is 5.41 Å². The van der Waals surface area contributed by atoms with Crippen molar-refractivity contribution < 1.29 is 4.79 Å². The first kappa shape index (κ1) is 12.4. The van der Waals surface area contributed by atoms with Gasteiger partial charge < -0.3 is 4.90 Å². The van der Waals surface area contributed by atoms with Crippen molar-refractivity contribution in [1.29, 1.82) is 0 Å². The van der Waals surface area contributed by atoms with Gasteiger partial charge >= 0.3 is 0 Å². The normalized spacial score (nSPS) is 19.1. The molecule has 0 bridgehead atoms. The Hall–Kier alpha value is -1.09. The second-order valence-electron chi connectivity index (χ2n) is 5.33. The van der Waals surface area contributed by atoms with Gasteiger partial charge in [0.2, 0.25) is 0 Å². The van der Waals surface area contributed by atoms with E-state index in [9.17, 15) is 4.79 Å². The summed E-state index contributed by atoms with van der Waals surface area (Å²) in [5.74, 6) is 0.0599. The maximum atomic E-state index is 12.2. The monoisotopic (exact) mass is 252 g/mol. The first-order valence-electron chi connectivity index (χ1n) is 5.89. The molecule has 1 aromatic rings. The van der Waals surface area contributed by atoms with Gasteiger partial charge in [-0.2, -0.15) is 0 Å². The molecule has 0 radical (unpaired) electrons. The average molecular weight is 253 g/mol. The van der Waals surface area contributed by atoms with Gasteiger partial charge in [0.15, 0.2) is 0 Å². The Morgan fingerprint density at radius 3 is 2.53 bits per heavy atom. The molecule has 2 heterocycles. The van der Waals surface area contributed by atoms with Crippen molar-refractivity contribution >= 4 is 17.5 Å². The number of nitrogens with zero attached hydrogens (tertiary/aromatic N) is 2. The number of carbonyl (C=O) groups excluding carboxylic acids is 1. The highest BCUT2D eigenvalue weighted by molar-refractivity contribution is 6.29. The minimum atomic E-state index is 0.0599. The van der Waals surface area contributed by atoms with Crippen LogP contribution in [0.25, 0.3) is 0 Å². The molecule has 0 saturated carbocycles. The van der Waals surface area contributed by atoms with Crippen LogP contribution >= 0.6 is 11.6 Å².